The van der Waals surface area contributed by atoms with E-state index in [1.54, 1.807) is 41.7 Å². The van der Waals surface area contributed by atoms with Gasteiger partial charge in [-0.15, -0.1) is 11.3 Å². The standard InChI is InChI=1S/C28H24FN3O5S/c1-35-27(33)24-23(17-7-4-3-5-8-17)20(16-30)26(31)32(25(24)28(34)36-2)21-15-18(29)10-11-22(21)37-13-12-19-9-6-14-38-19/h3-11,14-15,23H,12-13,31H2,1-2H3. The number of thiophene rings is 1. The molecule has 2 heterocycles. The second kappa shape index (κ2) is 11.6. The third-order valence-corrected chi connectivity index (χ3v) is 6.89. The Morgan fingerprint density at radius 1 is 1.08 bits per heavy atom. The summed E-state index contributed by atoms with van der Waals surface area (Å²) in [6.07, 6.45) is 0.590. The quantitative estimate of drug-likeness (QED) is 0.424. The van der Waals surface area contributed by atoms with Crippen molar-refractivity contribution in [3.8, 4) is 11.8 Å². The van der Waals surface area contributed by atoms with E-state index in [0.717, 1.165) is 30.1 Å². The average Bonchev–Trinajstić information content (AvgIpc) is 3.46. The highest BCUT2D eigenvalue weighted by molar-refractivity contribution is 7.09. The molecule has 2 N–H and O–H groups in total. The Kier molecular flexibility index (Phi) is 8.09. The number of allylic oxidation sites excluding steroid dienone is 1. The van der Waals surface area contributed by atoms with Gasteiger partial charge in [-0.05, 0) is 29.1 Å². The van der Waals surface area contributed by atoms with E-state index in [1.165, 1.54) is 12.1 Å². The van der Waals surface area contributed by atoms with Gasteiger partial charge in [-0.25, -0.2) is 14.0 Å². The fraction of sp³-hybridized carbons (Fsp3) is 0.179. The van der Waals surface area contributed by atoms with Crippen molar-refractivity contribution in [3.63, 3.8) is 0 Å². The molecule has 0 bridgehead atoms. The van der Waals surface area contributed by atoms with Crippen molar-refractivity contribution < 1.29 is 28.2 Å². The highest BCUT2D eigenvalue weighted by Gasteiger charge is 2.43. The van der Waals surface area contributed by atoms with Crippen LogP contribution >= 0.6 is 11.3 Å². The van der Waals surface area contributed by atoms with Gasteiger partial charge in [0.25, 0.3) is 0 Å². The lowest BCUT2D eigenvalue weighted by molar-refractivity contribution is -0.139. The normalized spacial score (nSPS) is 15.2. The zero-order chi connectivity index (χ0) is 27.2. The number of nitrogens with zero attached hydrogens (tertiary/aromatic N) is 2. The van der Waals surface area contributed by atoms with Crippen LogP contribution in [0.5, 0.6) is 5.75 Å². The Labute approximate surface area is 223 Å². The molecule has 1 aliphatic heterocycles. The van der Waals surface area contributed by atoms with Gasteiger partial charge in [0.1, 0.15) is 23.1 Å². The fourth-order valence-electron chi connectivity index (χ4n) is 4.27. The van der Waals surface area contributed by atoms with Crippen molar-refractivity contribution >= 4 is 29.0 Å². The number of halogens is 1. The average molecular weight is 534 g/mol. The highest BCUT2D eigenvalue weighted by atomic mass is 32.1. The van der Waals surface area contributed by atoms with E-state index in [-0.39, 0.29) is 40.7 Å². The van der Waals surface area contributed by atoms with Crippen LogP contribution in [0.25, 0.3) is 0 Å². The molecule has 0 radical (unpaired) electrons. The zero-order valence-electron chi connectivity index (χ0n) is 20.6. The number of hydrogen-bond donors (Lipinski definition) is 1. The summed E-state index contributed by atoms with van der Waals surface area (Å²) in [5, 5.41) is 12.1. The van der Waals surface area contributed by atoms with E-state index in [2.05, 4.69) is 6.07 Å². The van der Waals surface area contributed by atoms with Gasteiger partial charge >= 0.3 is 11.9 Å². The monoisotopic (exact) mass is 533 g/mol. The summed E-state index contributed by atoms with van der Waals surface area (Å²) in [5.41, 5.74) is 6.56. The first-order chi connectivity index (χ1) is 18.4. The summed E-state index contributed by atoms with van der Waals surface area (Å²) >= 11 is 1.57. The molecule has 0 saturated heterocycles. The second-order valence-electron chi connectivity index (χ2n) is 8.13. The molecule has 0 fully saturated rings. The van der Waals surface area contributed by atoms with E-state index in [0.29, 0.717) is 12.0 Å². The molecule has 194 valence electrons. The molecule has 3 aromatic rings. The predicted molar refractivity (Wildman–Crippen MR) is 139 cm³/mol. The van der Waals surface area contributed by atoms with Crippen molar-refractivity contribution in [2.24, 2.45) is 5.73 Å². The summed E-state index contributed by atoms with van der Waals surface area (Å²) in [7, 11) is 2.30. The Morgan fingerprint density at radius 3 is 2.45 bits per heavy atom. The molecule has 38 heavy (non-hydrogen) atoms. The molecular weight excluding hydrogens is 509 g/mol. The third-order valence-electron chi connectivity index (χ3n) is 5.96. The van der Waals surface area contributed by atoms with Crippen LogP contribution in [0.2, 0.25) is 0 Å². The van der Waals surface area contributed by atoms with Crippen LogP contribution in [0.3, 0.4) is 0 Å². The molecular formula is C28H24FN3O5S. The van der Waals surface area contributed by atoms with Crippen molar-refractivity contribution in [1.29, 1.82) is 5.26 Å². The number of nitrogens with two attached hydrogens (primary N) is 1. The van der Waals surface area contributed by atoms with Crippen molar-refractivity contribution in [2.45, 2.75) is 12.3 Å². The first kappa shape index (κ1) is 26.4. The van der Waals surface area contributed by atoms with Crippen LogP contribution in [0.15, 0.2) is 88.7 Å². The molecule has 0 aliphatic carbocycles. The summed E-state index contributed by atoms with van der Waals surface area (Å²) in [5.74, 6) is -3.47. The maximum atomic E-state index is 14.6. The second-order valence-corrected chi connectivity index (χ2v) is 9.16. The predicted octanol–water partition coefficient (Wildman–Crippen LogP) is 4.41. The van der Waals surface area contributed by atoms with Crippen molar-refractivity contribution in [2.75, 3.05) is 25.7 Å². The SMILES string of the molecule is COC(=O)C1=C(C(=O)OC)N(c2cc(F)ccc2OCCc2cccs2)C(N)=C(C#N)C1c1ccccc1. The summed E-state index contributed by atoms with van der Waals surface area (Å²) in [6, 6.07) is 18.3. The van der Waals surface area contributed by atoms with Gasteiger partial charge in [0, 0.05) is 17.4 Å². The van der Waals surface area contributed by atoms with Gasteiger partial charge in [0.2, 0.25) is 0 Å². The molecule has 0 saturated carbocycles. The Bertz CT molecular complexity index is 1440. The number of ether oxygens (including phenoxy) is 3. The topological polar surface area (TPSA) is 115 Å². The van der Waals surface area contributed by atoms with Crippen LogP contribution in [0.4, 0.5) is 10.1 Å². The smallest absolute Gasteiger partial charge is 0.355 e. The van der Waals surface area contributed by atoms with Crippen molar-refractivity contribution in [1.82, 2.24) is 0 Å². The van der Waals surface area contributed by atoms with Crippen LogP contribution in [0.1, 0.15) is 16.4 Å². The molecule has 10 heteroatoms. The number of benzene rings is 2. The van der Waals surface area contributed by atoms with Gasteiger partial charge in [0.05, 0.1) is 49.6 Å². The minimum absolute atomic E-state index is 0.0229. The third kappa shape index (κ3) is 5.10. The number of methoxy groups -OCH3 is 2. The number of anilines is 1. The van der Waals surface area contributed by atoms with Gasteiger partial charge < -0.3 is 19.9 Å². The zero-order valence-corrected chi connectivity index (χ0v) is 21.5. The van der Waals surface area contributed by atoms with Crippen LogP contribution in [-0.2, 0) is 25.5 Å². The van der Waals surface area contributed by atoms with E-state index >= 15 is 0 Å². The minimum atomic E-state index is -1.03. The van der Waals surface area contributed by atoms with E-state index in [4.69, 9.17) is 19.9 Å². The maximum Gasteiger partial charge on any atom is 0.355 e. The molecule has 1 aliphatic rings. The Balaban J connectivity index is 1.93. The summed E-state index contributed by atoms with van der Waals surface area (Å²) in [4.78, 5) is 28.6. The van der Waals surface area contributed by atoms with Gasteiger partial charge in [0.15, 0.2) is 0 Å². The molecule has 1 aromatic heterocycles. The van der Waals surface area contributed by atoms with Crippen LogP contribution in [0, 0.1) is 17.1 Å². The minimum Gasteiger partial charge on any atom is -0.491 e. The molecule has 2 aromatic carbocycles. The molecule has 4 rings (SSSR count). The lowest BCUT2D eigenvalue weighted by Crippen LogP contribution is -2.41. The Morgan fingerprint density at radius 2 is 1.82 bits per heavy atom. The van der Waals surface area contributed by atoms with Gasteiger partial charge in [-0.3, -0.25) is 4.90 Å². The highest BCUT2D eigenvalue weighted by Crippen LogP contribution is 2.45. The van der Waals surface area contributed by atoms with Crippen LogP contribution < -0.4 is 15.4 Å². The summed E-state index contributed by atoms with van der Waals surface area (Å²) in [6.45, 7) is 0.246. The number of carbonyl (C=O) groups is 2. The van der Waals surface area contributed by atoms with E-state index in [9.17, 15) is 19.2 Å². The first-order valence-electron chi connectivity index (χ1n) is 11.5. The molecule has 1 atom stereocenters. The van der Waals surface area contributed by atoms with E-state index in [1.807, 2.05) is 17.5 Å². The largest absolute Gasteiger partial charge is 0.491 e. The lowest BCUT2D eigenvalue weighted by atomic mass is 9.81. The van der Waals surface area contributed by atoms with Crippen molar-refractivity contribution in [3.05, 3.63) is 105 Å². The molecule has 0 amide bonds. The van der Waals surface area contributed by atoms with Gasteiger partial charge in [-0.2, -0.15) is 5.26 Å². The number of hydrogen-bond acceptors (Lipinski definition) is 9. The van der Waals surface area contributed by atoms with Crippen LogP contribution in [-0.4, -0.2) is 32.8 Å². The van der Waals surface area contributed by atoms with E-state index < -0.39 is 23.7 Å². The lowest BCUT2D eigenvalue weighted by Gasteiger charge is -2.36. The first-order valence-corrected chi connectivity index (χ1v) is 12.4. The fourth-order valence-corrected chi connectivity index (χ4v) is 4.96. The number of rotatable bonds is 8. The molecule has 0 spiro atoms. The number of carbonyl (C=O) groups excluding carboxylic acids is 2. The van der Waals surface area contributed by atoms with Gasteiger partial charge in [-0.1, -0.05) is 36.4 Å². The number of nitriles is 1. The Hall–Kier alpha value is -4.62. The molecule has 8 nitrogen and oxygen atoms in total. The summed E-state index contributed by atoms with van der Waals surface area (Å²) < 4.78 is 30.6. The molecule has 1 unspecified atom stereocenters. The number of esters is 2. The maximum absolute atomic E-state index is 14.6.